The number of imide groups is 1. The molecule has 0 aromatic heterocycles. The molecule has 0 fully saturated rings. The van der Waals surface area contributed by atoms with Gasteiger partial charge in [0.2, 0.25) is 5.91 Å². The van der Waals surface area contributed by atoms with Crippen LogP contribution in [0, 0.1) is 0 Å². The molecule has 0 radical (unpaired) electrons. The zero-order chi connectivity index (χ0) is 28.6. The van der Waals surface area contributed by atoms with E-state index in [4.69, 9.17) is 15.2 Å². The Kier molecular flexibility index (Phi) is 11.8. The molecule has 0 saturated carbocycles. The molecule has 0 bridgehead atoms. The summed E-state index contributed by atoms with van der Waals surface area (Å²) in [6.45, 7) is 0. The number of para-hydroxylation sites is 2. The predicted octanol–water partition coefficient (Wildman–Crippen LogP) is 6.19. The van der Waals surface area contributed by atoms with Crippen LogP contribution in [0.25, 0.3) is 0 Å². The van der Waals surface area contributed by atoms with Crippen molar-refractivity contribution >= 4 is 17.9 Å². The van der Waals surface area contributed by atoms with E-state index >= 15 is 0 Å². The summed E-state index contributed by atoms with van der Waals surface area (Å²) in [7, 11) is 1.40. The van der Waals surface area contributed by atoms with Crippen molar-refractivity contribution in [3.63, 3.8) is 0 Å². The van der Waals surface area contributed by atoms with E-state index < -0.39 is 6.03 Å². The van der Waals surface area contributed by atoms with E-state index in [1.807, 2.05) is 115 Å². The van der Waals surface area contributed by atoms with Crippen molar-refractivity contribution < 1.29 is 28.6 Å². The van der Waals surface area contributed by atoms with Crippen molar-refractivity contribution in [1.29, 1.82) is 0 Å². The topological polar surface area (TPSA) is 117 Å². The molecule has 8 nitrogen and oxygen atoms in total. The molecule has 0 unspecified atom stereocenters. The molecule has 0 saturated heterocycles. The SMILES string of the molecule is COC(=O)CCc1ccc(Oc2ccccc2)cc1.NC(=O)NC(=O)CCc1ccc(Oc2ccccc2)cc1. The Labute approximate surface area is 233 Å². The van der Waals surface area contributed by atoms with Gasteiger partial charge in [0, 0.05) is 12.8 Å². The Bertz CT molecular complexity index is 1340. The molecule has 0 heterocycles. The number of amides is 3. The number of nitrogens with one attached hydrogen (secondary N) is 1. The first-order valence-corrected chi connectivity index (χ1v) is 12.7. The second-order valence-electron chi connectivity index (χ2n) is 8.61. The second-order valence-corrected chi connectivity index (χ2v) is 8.61. The number of esters is 1. The molecule has 206 valence electrons. The molecule has 0 atom stereocenters. The van der Waals surface area contributed by atoms with Gasteiger partial charge in [0.1, 0.15) is 23.0 Å². The molecular formula is C32H32N2O6. The summed E-state index contributed by atoms with van der Waals surface area (Å²) in [4.78, 5) is 32.9. The zero-order valence-corrected chi connectivity index (χ0v) is 22.2. The second kappa shape index (κ2) is 16.0. The van der Waals surface area contributed by atoms with E-state index in [-0.39, 0.29) is 18.3 Å². The molecule has 3 N–H and O–H groups in total. The summed E-state index contributed by atoms with van der Waals surface area (Å²) in [5.74, 6) is 2.52. The molecule has 0 aliphatic carbocycles. The minimum atomic E-state index is -0.827. The third kappa shape index (κ3) is 11.1. The number of nitrogens with two attached hydrogens (primary N) is 1. The third-order valence-electron chi connectivity index (χ3n) is 5.55. The zero-order valence-electron chi connectivity index (χ0n) is 22.2. The van der Waals surface area contributed by atoms with Crippen LogP contribution >= 0.6 is 0 Å². The lowest BCUT2D eigenvalue weighted by Crippen LogP contribution is -2.35. The fourth-order valence-electron chi connectivity index (χ4n) is 3.50. The van der Waals surface area contributed by atoms with E-state index in [1.165, 1.54) is 7.11 Å². The highest BCUT2D eigenvalue weighted by Crippen LogP contribution is 2.22. The summed E-state index contributed by atoms with van der Waals surface area (Å²) in [6, 6.07) is 33.5. The molecule has 4 aromatic rings. The number of hydrogen-bond donors (Lipinski definition) is 2. The third-order valence-corrected chi connectivity index (χ3v) is 5.55. The van der Waals surface area contributed by atoms with E-state index in [9.17, 15) is 14.4 Å². The lowest BCUT2D eigenvalue weighted by molar-refractivity contribution is -0.140. The van der Waals surface area contributed by atoms with Gasteiger partial charge in [-0.25, -0.2) is 4.79 Å². The highest BCUT2D eigenvalue weighted by molar-refractivity contribution is 5.93. The van der Waals surface area contributed by atoms with Gasteiger partial charge in [0.05, 0.1) is 7.11 Å². The highest BCUT2D eigenvalue weighted by Gasteiger charge is 2.05. The van der Waals surface area contributed by atoms with Crippen LogP contribution in [0.3, 0.4) is 0 Å². The maximum atomic E-state index is 11.3. The van der Waals surface area contributed by atoms with E-state index in [2.05, 4.69) is 4.74 Å². The monoisotopic (exact) mass is 540 g/mol. The van der Waals surface area contributed by atoms with Crippen LogP contribution in [0.1, 0.15) is 24.0 Å². The van der Waals surface area contributed by atoms with Crippen LogP contribution in [0.4, 0.5) is 4.79 Å². The number of hydrogen-bond acceptors (Lipinski definition) is 6. The van der Waals surface area contributed by atoms with Crippen LogP contribution in [0.5, 0.6) is 23.0 Å². The Balaban J connectivity index is 0.000000222. The molecule has 0 aliphatic heterocycles. The number of methoxy groups -OCH3 is 1. The maximum absolute atomic E-state index is 11.3. The number of aryl methyl sites for hydroxylation is 2. The van der Waals surface area contributed by atoms with Gasteiger partial charge in [0.15, 0.2) is 0 Å². The van der Waals surface area contributed by atoms with Crippen LogP contribution in [-0.2, 0) is 27.2 Å². The average Bonchev–Trinajstić information content (AvgIpc) is 2.97. The van der Waals surface area contributed by atoms with Crippen molar-refractivity contribution in [2.24, 2.45) is 5.73 Å². The van der Waals surface area contributed by atoms with E-state index in [0.717, 1.165) is 34.1 Å². The van der Waals surface area contributed by atoms with Crippen molar-refractivity contribution in [3.05, 3.63) is 120 Å². The summed E-state index contributed by atoms with van der Waals surface area (Å²) in [5, 5.41) is 2.03. The van der Waals surface area contributed by atoms with Crippen molar-refractivity contribution in [1.82, 2.24) is 5.32 Å². The summed E-state index contributed by atoms with van der Waals surface area (Å²) >= 11 is 0. The van der Waals surface area contributed by atoms with Gasteiger partial charge >= 0.3 is 12.0 Å². The number of benzene rings is 4. The normalized spacial score (nSPS) is 9.93. The molecule has 8 heteroatoms. The first-order chi connectivity index (χ1) is 19.4. The molecule has 4 rings (SSSR count). The van der Waals surface area contributed by atoms with Gasteiger partial charge in [-0.15, -0.1) is 0 Å². The van der Waals surface area contributed by atoms with Crippen LogP contribution < -0.4 is 20.5 Å². The molecule has 0 spiro atoms. The molecule has 40 heavy (non-hydrogen) atoms. The standard InChI is InChI=1S/C16H16N2O3.C16H16O3/c17-16(20)18-15(19)11-8-12-6-9-14(10-7-12)21-13-4-2-1-3-5-13;1-18-16(17)12-9-13-7-10-15(11-8-13)19-14-5-3-2-4-6-14/h1-7,9-10H,8,11H2,(H3,17,18,19,20);2-8,10-11H,9,12H2,1H3. The lowest BCUT2D eigenvalue weighted by Gasteiger charge is -2.06. The molecular weight excluding hydrogens is 508 g/mol. The van der Waals surface area contributed by atoms with Crippen molar-refractivity contribution in [3.8, 4) is 23.0 Å². The highest BCUT2D eigenvalue weighted by atomic mass is 16.5. The van der Waals surface area contributed by atoms with Gasteiger partial charge in [-0.05, 0) is 72.5 Å². The molecule has 0 aliphatic rings. The van der Waals surface area contributed by atoms with Gasteiger partial charge < -0.3 is 19.9 Å². The first kappa shape index (κ1) is 29.4. The van der Waals surface area contributed by atoms with Gasteiger partial charge in [-0.2, -0.15) is 0 Å². The lowest BCUT2D eigenvalue weighted by atomic mass is 10.1. The minimum absolute atomic E-state index is 0.190. The Morgan fingerprint density at radius 2 is 1.00 bits per heavy atom. The molecule has 4 aromatic carbocycles. The van der Waals surface area contributed by atoms with Gasteiger partial charge in [-0.1, -0.05) is 60.7 Å². The largest absolute Gasteiger partial charge is 0.469 e. The average molecular weight is 541 g/mol. The van der Waals surface area contributed by atoms with E-state index in [0.29, 0.717) is 19.3 Å². The minimum Gasteiger partial charge on any atom is -0.469 e. The van der Waals surface area contributed by atoms with Crippen LogP contribution in [0.15, 0.2) is 109 Å². The van der Waals surface area contributed by atoms with Gasteiger partial charge in [0.25, 0.3) is 0 Å². The first-order valence-electron chi connectivity index (χ1n) is 12.7. The quantitative estimate of drug-likeness (QED) is 0.232. The number of rotatable bonds is 10. The number of ether oxygens (including phenoxy) is 3. The summed E-state index contributed by atoms with van der Waals surface area (Å²) < 4.78 is 16.0. The van der Waals surface area contributed by atoms with Crippen molar-refractivity contribution in [2.75, 3.05) is 7.11 Å². The Morgan fingerprint density at radius 1 is 0.600 bits per heavy atom. The predicted molar refractivity (Wildman–Crippen MR) is 152 cm³/mol. The summed E-state index contributed by atoms with van der Waals surface area (Å²) in [5.41, 5.74) is 6.94. The van der Waals surface area contributed by atoms with Crippen LogP contribution in [-0.4, -0.2) is 25.0 Å². The Hall–Kier alpha value is -5.11. The smallest absolute Gasteiger partial charge is 0.318 e. The fourth-order valence-corrected chi connectivity index (χ4v) is 3.50. The number of urea groups is 1. The fraction of sp³-hybridized carbons (Fsp3) is 0.156. The van der Waals surface area contributed by atoms with Gasteiger partial charge in [-0.3, -0.25) is 14.9 Å². The number of carbonyl (C=O) groups excluding carboxylic acids is 3. The number of carbonyl (C=O) groups is 3. The Morgan fingerprint density at radius 3 is 1.40 bits per heavy atom. The molecule has 3 amide bonds. The summed E-state index contributed by atoms with van der Waals surface area (Å²) in [6.07, 6.45) is 1.82. The maximum Gasteiger partial charge on any atom is 0.318 e. The number of primary amides is 1. The van der Waals surface area contributed by atoms with Crippen LogP contribution in [0.2, 0.25) is 0 Å². The van der Waals surface area contributed by atoms with E-state index in [1.54, 1.807) is 0 Å². The van der Waals surface area contributed by atoms with Crippen molar-refractivity contribution in [2.45, 2.75) is 25.7 Å².